The molecule has 2 rings (SSSR count). The molecule has 0 bridgehead atoms. The number of hydrogen-bond donors (Lipinski definition) is 1. The lowest BCUT2D eigenvalue weighted by molar-refractivity contribution is 0.199. The zero-order valence-corrected chi connectivity index (χ0v) is 13.3. The summed E-state index contributed by atoms with van der Waals surface area (Å²) in [6.45, 7) is 7.03. The minimum absolute atomic E-state index is 0.405. The minimum Gasteiger partial charge on any atom is -0.496 e. The molecule has 0 atom stereocenters. The van der Waals surface area contributed by atoms with Crippen LogP contribution >= 0.6 is 12.2 Å². The number of methoxy groups -OCH3 is 1. The van der Waals surface area contributed by atoms with Crippen LogP contribution in [0.3, 0.4) is 0 Å². The second kappa shape index (κ2) is 6.50. The highest BCUT2D eigenvalue weighted by atomic mass is 32.1. The van der Waals surface area contributed by atoms with Crippen molar-refractivity contribution in [1.29, 1.82) is 0 Å². The van der Waals surface area contributed by atoms with Crippen LogP contribution in [0.5, 0.6) is 5.75 Å². The van der Waals surface area contributed by atoms with Gasteiger partial charge in [0, 0.05) is 29.8 Å². The molecule has 0 spiro atoms. The summed E-state index contributed by atoms with van der Waals surface area (Å²) >= 11 is 5.08. The van der Waals surface area contributed by atoms with Crippen LogP contribution in [0.1, 0.15) is 29.7 Å². The molecule has 1 fully saturated rings. The number of pyridine rings is 1. The lowest BCUT2D eigenvalue weighted by Crippen LogP contribution is -2.37. The molecule has 1 aromatic rings. The van der Waals surface area contributed by atoms with Crippen molar-refractivity contribution in [2.45, 2.75) is 33.2 Å². The van der Waals surface area contributed by atoms with E-state index in [-0.39, 0.29) is 0 Å². The summed E-state index contributed by atoms with van der Waals surface area (Å²) in [6, 6.07) is 0. The van der Waals surface area contributed by atoms with Crippen molar-refractivity contribution >= 4 is 17.2 Å². The summed E-state index contributed by atoms with van der Waals surface area (Å²) in [5, 5.41) is 0. The Morgan fingerprint density at radius 1 is 1.45 bits per heavy atom. The molecule has 4 nitrogen and oxygen atoms in total. The number of hydrogen-bond acceptors (Lipinski definition) is 4. The first-order chi connectivity index (χ1) is 9.52. The van der Waals surface area contributed by atoms with E-state index in [1.807, 2.05) is 13.1 Å². The van der Waals surface area contributed by atoms with Gasteiger partial charge in [0.1, 0.15) is 5.75 Å². The van der Waals surface area contributed by atoms with Gasteiger partial charge in [0.25, 0.3) is 0 Å². The Labute approximate surface area is 126 Å². The van der Waals surface area contributed by atoms with Gasteiger partial charge in [-0.1, -0.05) is 12.2 Å². The van der Waals surface area contributed by atoms with Crippen molar-refractivity contribution in [3.05, 3.63) is 23.0 Å². The smallest absolute Gasteiger partial charge is 0.128 e. The molecule has 110 valence electrons. The normalized spacial score (nSPS) is 17.1. The van der Waals surface area contributed by atoms with Gasteiger partial charge in [-0.15, -0.1) is 0 Å². The average molecular weight is 293 g/mol. The molecule has 0 amide bonds. The summed E-state index contributed by atoms with van der Waals surface area (Å²) in [7, 11) is 1.72. The van der Waals surface area contributed by atoms with Gasteiger partial charge >= 0.3 is 0 Å². The van der Waals surface area contributed by atoms with Crippen molar-refractivity contribution in [3.63, 3.8) is 0 Å². The first-order valence-corrected chi connectivity index (χ1v) is 7.44. The van der Waals surface area contributed by atoms with Crippen LogP contribution in [0.15, 0.2) is 6.20 Å². The van der Waals surface area contributed by atoms with Crippen molar-refractivity contribution in [2.24, 2.45) is 11.7 Å². The first kappa shape index (κ1) is 15.2. The van der Waals surface area contributed by atoms with E-state index in [4.69, 9.17) is 22.7 Å². The molecular weight excluding hydrogens is 270 g/mol. The second-order valence-corrected chi connectivity index (χ2v) is 5.97. The molecular formula is C15H23N3OS. The van der Waals surface area contributed by atoms with Crippen LogP contribution in [0.4, 0.5) is 0 Å². The quantitative estimate of drug-likeness (QED) is 0.863. The average Bonchev–Trinajstić information content (AvgIpc) is 2.43. The molecule has 0 aliphatic carbocycles. The van der Waals surface area contributed by atoms with Crippen molar-refractivity contribution in [3.8, 4) is 5.75 Å². The molecule has 0 radical (unpaired) electrons. The molecule has 2 N–H and O–H groups in total. The number of ether oxygens (including phenoxy) is 1. The highest BCUT2D eigenvalue weighted by molar-refractivity contribution is 7.80. The van der Waals surface area contributed by atoms with E-state index in [0.717, 1.165) is 55.0 Å². The minimum atomic E-state index is 0.405. The Hall–Kier alpha value is -1.20. The SMILES string of the molecule is COc1c(C)cnc(CN2CCC(C(N)=S)CC2)c1C. The Balaban J connectivity index is 2.03. The van der Waals surface area contributed by atoms with Gasteiger partial charge in [0.15, 0.2) is 0 Å². The van der Waals surface area contributed by atoms with Crippen molar-refractivity contribution in [2.75, 3.05) is 20.2 Å². The van der Waals surface area contributed by atoms with E-state index >= 15 is 0 Å². The van der Waals surface area contributed by atoms with Gasteiger partial charge in [-0.2, -0.15) is 0 Å². The summed E-state index contributed by atoms with van der Waals surface area (Å²) in [6.07, 6.45) is 4.00. The topological polar surface area (TPSA) is 51.4 Å². The number of likely N-dealkylation sites (tertiary alicyclic amines) is 1. The van der Waals surface area contributed by atoms with Gasteiger partial charge in [-0.05, 0) is 39.8 Å². The van der Waals surface area contributed by atoms with Crippen LogP contribution in [-0.2, 0) is 6.54 Å². The third-order valence-corrected chi connectivity index (χ3v) is 4.45. The van der Waals surface area contributed by atoms with Gasteiger partial charge < -0.3 is 10.5 Å². The maximum atomic E-state index is 5.73. The first-order valence-electron chi connectivity index (χ1n) is 7.03. The number of nitrogens with two attached hydrogens (primary N) is 1. The Morgan fingerprint density at radius 2 is 2.10 bits per heavy atom. The molecule has 0 unspecified atom stereocenters. The summed E-state index contributed by atoms with van der Waals surface area (Å²) in [4.78, 5) is 7.64. The predicted molar refractivity (Wildman–Crippen MR) is 85.0 cm³/mol. The number of rotatable bonds is 4. The highest BCUT2D eigenvalue weighted by Gasteiger charge is 2.22. The fourth-order valence-corrected chi connectivity index (χ4v) is 3.05. The summed E-state index contributed by atoms with van der Waals surface area (Å²) < 4.78 is 5.46. The van der Waals surface area contributed by atoms with Crippen molar-refractivity contribution < 1.29 is 4.74 Å². The van der Waals surface area contributed by atoms with Crippen LogP contribution in [0.25, 0.3) is 0 Å². The molecule has 20 heavy (non-hydrogen) atoms. The number of aromatic nitrogens is 1. The van der Waals surface area contributed by atoms with E-state index in [1.54, 1.807) is 7.11 Å². The lowest BCUT2D eigenvalue weighted by Gasteiger charge is -2.31. The molecule has 0 saturated carbocycles. The van der Waals surface area contributed by atoms with Gasteiger partial charge in [0.2, 0.25) is 0 Å². The van der Waals surface area contributed by atoms with E-state index < -0.39 is 0 Å². The highest BCUT2D eigenvalue weighted by Crippen LogP contribution is 2.26. The number of nitrogens with zero attached hydrogens (tertiary/aromatic N) is 2. The molecule has 5 heteroatoms. The Kier molecular flexibility index (Phi) is 4.94. The van der Waals surface area contributed by atoms with Crippen molar-refractivity contribution in [1.82, 2.24) is 9.88 Å². The molecule has 1 aromatic heterocycles. The van der Waals surface area contributed by atoms with Gasteiger partial charge in [0.05, 0.1) is 17.8 Å². The van der Waals surface area contributed by atoms with E-state index in [9.17, 15) is 0 Å². The fourth-order valence-electron chi connectivity index (χ4n) is 2.82. The summed E-state index contributed by atoms with van der Waals surface area (Å²) in [5.74, 6) is 1.36. The van der Waals surface area contributed by atoms with Crippen LogP contribution in [-0.4, -0.2) is 35.1 Å². The predicted octanol–water partition coefficient (Wildman–Crippen LogP) is 2.21. The second-order valence-electron chi connectivity index (χ2n) is 5.50. The monoisotopic (exact) mass is 293 g/mol. The number of thiocarbonyl (C=S) groups is 1. The third kappa shape index (κ3) is 3.27. The third-order valence-electron chi connectivity index (χ3n) is 4.11. The zero-order valence-electron chi connectivity index (χ0n) is 12.5. The number of piperidine rings is 1. The molecule has 1 saturated heterocycles. The largest absolute Gasteiger partial charge is 0.496 e. The summed E-state index contributed by atoms with van der Waals surface area (Å²) in [5.41, 5.74) is 9.05. The standard InChI is InChI=1S/C15H23N3OS/c1-10-8-17-13(11(2)14(10)19-3)9-18-6-4-12(5-7-18)15(16)20/h8,12H,4-7,9H2,1-3H3,(H2,16,20). The molecule has 1 aliphatic rings. The zero-order chi connectivity index (χ0) is 14.7. The Morgan fingerprint density at radius 3 is 2.65 bits per heavy atom. The van der Waals surface area contributed by atoms with E-state index in [2.05, 4.69) is 16.8 Å². The van der Waals surface area contributed by atoms with Crippen LogP contribution in [0, 0.1) is 19.8 Å². The molecule has 2 heterocycles. The Bertz CT molecular complexity index is 496. The van der Waals surface area contributed by atoms with Crippen LogP contribution < -0.4 is 10.5 Å². The van der Waals surface area contributed by atoms with Gasteiger partial charge in [-0.3, -0.25) is 9.88 Å². The molecule has 1 aliphatic heterocycles. The number of aryl methyl sites for hydroxylation is 1. The molecule has 0 aromatic carbocycles. The van der Waals surface area contributed by atoms with E-state index in [1.165, 1.54) is 0 Å². The van der Waals surface area contributed by atoms with Crippen LogP contribution in [0.2, 0.25) is 0 Å². The van der Waals surface area contributed by atoms with E-state index in [0.29, 0.717) is 10.9 Å². The fraction of sp³-hybridized carbons (Fsp3) is 0.600. The maximum absolute atomic E-state index is 5.73. The van der Waals surface area contributed by atoms with Gasteiger partial charge in [-0.25, -0.2) is 0 Å². The lowest BCUT2D eigenvalue weighted by atomic mass is 9.96. The maximum Gasteiger partial charge on any atom is 0.128 e.